The molecule has 44 heavy (non-hydrogen) atoms. The number of rotatable bonds is 10. The molecule has 6 rings (SSSR count). The molecule has 2 amide bonds. The highest BCUT2D eigenvalue weighted by atomic mass is 19.1. The van der Waals surface area contributed by atoms with E-state index in [1.165, 1.54) is 11.1 Å². The van der Waals surface area contributed by atoms with E-state index < -0.39 is 6.36 Å². The standard InChI is InChI=1S/C35H41FN4O4/c36-33(41)20-24-4-6-25(7-5-24)23-39-16-12-26(13-17-39)28-10-11-32(37-22-28)35(43)40-18-14-30(15-19-40)44-31-3-1-2-29(21-31)38-34(42)27-8-9-27/h1-7,10-11,21-22,26-27,30,33,41H,8-9,12-20,23H2,(H,38,42). The second-order valence-corrected chi connectivity index (χ2v) is 12.4. The fraction of sp³-hybridized carbons (Fsp3) is 0.457. The first-order valence-corrected chi connectivity index (χ1v) is 15.8. The number of nitrogens with one attached hydrogen (secondary N) is 1. The fourth-order valence-electron chi connectivity index (χ4n) is 6.20. The van der Waals surface area contributed by atoms with Gasteiger partial charge in [0.15, 0.2) is 6.36 Å². The van der Waals surface area contributed by atoms with Gasteiger partial charge in [-0.1, -0.05) is 36.4 Å². The Morgan fingerprint density at radius 3 is 2.32 bits per heavy atom. The van der Waals surface area contributed by atoms with Crippen molar-refractivity contribution in [3.8, 4) is 5.75 Å². The Balaban J connectivity index is 0.937. The number of benzene rings is 2. The lowest BCUT2D eigenvalue weighted by Gasteiger charge is -2.33. The van der Waals surface area contributed by atoms with E-state index in [-0.39, 0.29) is 30.3 Å². The number of hydrogen-bond acceptors (Lipinski definition) is 6. The monoisotopic (exact) mass is 600 g/mol. The molecule has 2 N–H and O–H groups in total. The number of carbonyl (C=O) groups excluding carboxylic acids is 2. The maximum Gasteiger partial charge on any atom is 0.272 e. The Labute approximate surface area is 258 Å². The van der Waals surface area contributed by atoms with Crippen molar-refractivity contribution in [1.29, 1.82) is 0 Å². The summed E-state index contributed by atoms with van der Waals surface area (Å²) in [6.07, 6.45) is 5.58. The molecular formula is C35H41FN4O4. The maximum atomic E-state index is 13.2. The molecule has 0 spiro atoms. The van der Waals surface area contributed by atoms with Crippen molar-refractivity contribution < 1.29 is 23.8 Å². The molecule has 8 nitrogen and oxygen atoms in total. The molecule has 2 aliphatic heterocycles. The average Bonchev–Trinajstić information content (AvgIpc) is 3.89. The lowest BCUT2D eigenvalue weighted by Crippen LogP contribution is -2.42. The van der Waals surface area contributed by atoms with E-state index in [0.29, 0.717) is 24.7 Å². The fourth-order valence-corrected chi connectivity index (χ4v) is 6.20. The third-order valence-electron chi connectivity index (χ3n) is 8.98. The highest BCUT2D eigenvalue weighted by Gasteiger charge is 2.30. The molecule has 2 aromatic carbocycles. The Hall–Kier alpha value is -3.82. The normalized spacial score (nSPS) is 19.0. The van der Waals surface area contributed by atoms with Crippen LogP contribution in [-0.4, -0.2) is 70.3 Å². The van der Waals surface area contributed by atoms with Gasteiger partial charge < -0.3 is 20.1 Å². The van der Waals surface area contributed by atoms with Crippen LogP contribution in [0.5, 0.6) is 5.75 Å². The molecule has 1 aliphatic carbocycles. The first-order chi connectivity index (χ1) is 21.4. The minimum atomic E-state index is -1.82. The number of nitrogens with zero attached hydrogens (tertiary/aromatic N) is 3. The molecule has 3 aromatic rings. The van der Waals surface area contributed by atoms with Crippen LogP contribution in [0.3, 0.4) is 0 Å². The third-order valence-corrected chi connectivity index (χ3v) is 8.98. The number of anilines is 1. The summed E-state index contributed by atoms with van der Waals surface area (Å²) < 4.78 is 19.0. The van der Waals surface area contributed by atoms with Crippen LogP contribution in [0, 0.1) is 5.92 Å². The van der Waals surface area contributed by atoms with E-state index in [0.717, 1.165) is 75.2 Å². The quantitative estimate of drug-likeness (QED) is 0.327. The molecule has 1 unspecified atom stereocenters. The Kier molecular flexibility index (Phi) is 9.52. The second kappa shape index (κ2) is 13.9. The number of likely N-dealkylation sites (tertiary alicyclic amines) is 2. The summed E-state index contributed by atoms with van der Waals surface area (Å²) in [7, 11) is 0. The predicted octanol–water partition coefficient (Wildman–Crippen LogP) is 5.32. The van der Waals surface area contributed by atoms with Crippen LogP contribution in [0.15, 0.2) is 66.9 Å². The van der Waals surface area contributed by atoms with Gasteiger partial charge in [-0.25, -0.2) is 4.39 Å². The molecule has 3 fully saturated rings. The number of halogens is 1. The molecule has 1 atom stereocenters. The number of piperidine rings is 2. The van der Waals surface area contributed by atoms with Crippen molar-refractivity contribution in [2.75, 3.05) is 31.5 Å². The van der Waals surface area contributed by atoms with Crippen molar-refractivity contribution in [1.82, 2.24) is 14.8 Å². The lowest BCUT2D eigenvalue weighted by atomic mass is 9.90. The number of amides is 2. The molecule has 0 radical (unpaired) electrons. The van der Waals surface area contributed by atoms with Gasteiger partial charge in [-0.15, -0.1) is 0 Å². The number of ether oxygens (including phenoxy) is 1. The Morgan fingerprint density at radius 1 is 0.932 bits per heavy atom. The number of aromatic nitrogens is 1. The number of pyridine rings is 1. The number of aliphatic hydroxyl groups is 1. The average molecular weight is 601 g/mol. The SMILES string of the molecule is O=C(Nc1cccc(OC2CCN(C(=O)c3ccc(C4CCN(Cc5ccc(CC(O)F)cc5)CC4)cn3)CC2)c1)C1CC1. The van der Waals surface area contributed by atoms with Gasteiger partial charge in [-0.3, -0.25) is 19.5 Å². The minimum Gasteiger partial charge on any atom is -0.490 e. The maximum absolute atomic E-state index is 13.2. The van der Waals surface area contributed by atoms with Crippen molar-refractivity contribution in [2.24, 2.45) is 5.92 Å². The second-order valence-electron chi connectivity index (χ2n) is 12.4. The van der Waals surface area contributed by atoms with E-state index in [1.807, 2.05) is 65.7 Å². The number of alkyl halides is 1. The molecular weight excluding hydrogens is 559 g/mol. The van der Waals surface area contributed by atoms with Crippen LogP contribution < -0.4 is 10.1 Å². The van der Waals surface area contributed by atoms with Crippen LogP contribution in [-0.2, 0) is 17.8 Å². The van der Waals surface area contributed by atoms with E-state index in [1.54, 1.807) is 0 Å². The summed E-state index contributed by atoms with van der Waals surface area (Å²) in [6.45, 7) is 4.04. The van der Waals surface area contributed by atoms with Crippen molar-refractivity contribution in [2.45, 2.75) is 69.9 Å². The van der Waals surface area contributed by atoms with E-state index in [9.17, 15) is 14.0 Å². The van der Waals surface area contributed by atoms with Gasteiger partial charge >= 0.3 is 0 Å². The third kappa shape index (κ3) is 8.01. The highest BCUT2D eigenvalue weighted by molar-refractivity contribution is 5.94. The van der Waals surface area contributed by atoms with E-state index >= 15 is 0 Å². The van der Waals surface area contributed by atoms with Crippen LogP contribution in [0.2, 0.25) is 0 Å². The van der Waals surface area contributed by atoms with Crippen LogP contribution in [0.4, 0.5) is 10.1 Å². The molecule has 1 saturated carbocycles. The van der Waals surface area contributed by atoms with Gasteiger partial charge in [-0.05, 0) is 79.6 Å². The van der Waals surface area contributed by atoms with Crippen LogP contribution in [0.1, 0.15) is 71.6 Å². The summed E-state index contributed by atoms with van der Waals surface area (Å²) in [6, 6.07) is 19.3. The smallest absolute Gasteiger partial charge is 0.272 e. The largest absolute Gasteiger partial charge is 0.490 e. The van der Waals surface area contributed by atoms with Crippen molar-refractivity contribution in [3.63, 3.8) is 0 Å². The van der Waals surface area contributed by atoms with Gasteiger partial charge in [0, 0.05) is 62.8 Å². The van der Waals surface area contributed by atoms with E-state index in [4.69, 9.17) is 9.84 Å². The predicted molar refractivity (Wildman–Crippen MR) is 166 cm³/mol. The summed E-state index contributed by atoms with van der Waals surface area (Å²) in [5.74, 6) is 1.35. The first kappa shape index (κ1) is 30.2. The zero-order valence-corrected chi connectivity index (χ0v) is 25.0. The highest BCUT2D eigenvalue weighted by Crippen LogP contribution is 2.31. The summed E-state index contributed by atoms with van der Waals surface area (Å²) in [5.41, 5.74) is 4.40. The Bertz CT molecular complexity index is 1410. The van der Waals surface area contributed by atoms with E-state index in [2.05, 4.69) is 21.3 Å². The molecule has 1 aromatic heterocycles. The van der Waals surface area contributed by atoms with Gasteiger partial charge in [0.2, 0.25) is 5.91 Å². The summed E-state index contributed by atoms with van der Waals surface area (Å²) in [4.78, 5) is 34.1. The molecule has 3 aliphatic rings. The van der Waals surface area contributed by atoms with Gasteiger partial charge in [-0.2, -0.15) is 0 Å². The van der Waals surface area contributed by atoms with Gasteiger partial charge in [0.05, 0.1) is 0 Å². The first-order valence-electron chi connectivity index (χ1n) is 15.8. The number of carbonyl (C=O) groups is 2. The molecule has 232 valence electrons. The number of aliphatic hydroxyl groups excluding tert-OH is 1. The molecule has 3 heterocycles. The molecule has 0 bridgehead atoms. The number of hydrogen-bond donors (Lipinski definition) is 2. The lowest BCUT2D eigenvalue weighted by molar-refractivity contribution is -0.117. The van der Waals surface area contributed by atoms with Crippen molar-refractivity contribution >= 4 is 17.5 Å². The minimum absolute atomic E-state index is 0.0179. The zero-order valence-electron chi connectivity index (χ0n) is 25.0. The van der Waals surface area contributed by atoms with Crippen molar-refractivity contribution in [3.05, 3.63) is 89.2 Å². The van der Waals surface area contributed by atoms with Gasteiger partial charge in [0.25, 0.3) is 5.91 Å². The topological polar surface area (TPSA) is 95.0 Å². The Morgan fingerprint density at radius 2 is 1.66 bits per heavy atom. The van der Waals surface area contributed by atoms with Gasteiger partial charge in [0.1, 0.15) is 17.5 Å². The summed E-state index contributed by atoms with van der Waals surface area (Å²) in [5, 5.41) is 11.9. The van der Waals surface area contributed by atoms with Crippen LogP contribution in [0.25, 0.3) is 0 Å². The van der Waals surface area contributed by atoms with Crippen LogP contribution >= 0.6 is 0 Å². The zero-order chi connectivity index (χ0) is 30.5. The molecule has 2 saturated heterocycles. The summed E-state index contributed by atoms with van der Waals surface area (Å²) >= 11 is 0. The molecule has 9 heteroatoms.